The average Bonchev–Trinajstić information content (AvgIpc) is 3.07. The monoisotopic (exact) mass is 249 g/mol. The minimum atomic E-state index is 0.299. The fourth-order valence-electron chi connectivity index (χ4n) is 2.30. The van der Waals surface area contributed by atoms with Crippen molar-refractivity contribution < 1.29 is 0 Å². The zero-order chi connectivity index (χ0) is 11.8. The van der Waals surface area contributed by atoms with Crippen LogP contribution in [0.3, 0.4) is 0 Å². The van der Waals surface area contributed by atoms with E-state index in [2.05, 4.69) is 22.0 Å². The Morgan fingerprint density at radius 1 is 1.29 bits per heavy atom. The van der Waals surface area contributed by atoms with E-state index in [1.54, 1.807) is 0 Å². The summed E-state index contributed by atoms with van der Waals surface area (Å²) in [4.78, 5) is 6.60. The van der Waals surface area contributed by atoms with E-state index < -0.39 is 0 Å². The van der Waals surface area contributed by atoms with Gasteiger partial charge in [-0.2, -0.15) is 0 Å². The maximum absolute atomic E-state index is 5.96. The number of aliphatic imine (C=N–C) groups is 1. The molecule has 1 aliphatic carbocycles. The highest BCUT2D eigenvalue weighted by atomic mass is 35.5. The van der Waals surface area contributed by atoms with E-state index in [4.69, 9.17) is 17.3 Å². The molecule has 0 bridgehead atoms. The van der Waals surface area contributed by atoms with Crippen molar-refractivity contribution in [3.8, 4) is 0 Å². The Bertz CT molecular complexity index is 436. The summed E-state index contributed by atoms with van der Waals surface area (Å²) in [6, 6.07) is 8.30. The molecule has 1 unspecified atom stereocenters. The van der Waals surface area contributed by atoms with Gasteiger partial charge in [0.05, 0.1) is 12.6 Å². The van der Waals surface area contributed by atoms with Gasteiger partial charge in [0, 0.05) is 11.6 Å². The molecule has 2 aliphatic rings. The van der Waals surface area contributed by atoms with E-state index in [0.29, 0.717) is 12.0 Å². The van der Waals surface area contributed by atoms with Crippen LogP contribution in [0.2, 0.25) is 5.02 Å². The molecule has 1 aliphatic heterocycles. The number of hydrogen-bond acceptors (Lipinski definition) is 3. The van der Waals surface area contributed by atoms with Crippen molar-refractivity contribution in [2.45, 2.75) is 18.9 Å². The predicted octanol–water partition coefficient (Wildman–Crippen LogP) is 2.42. The predicted molar refractivity (Wildman–Crippen MR) is 70.1 cm³/mol. The van der Waals surface area contributed by atoms with Crippen molar-refractivity contribution in [2.24, 2.45) is 16.6 Å². The average molecular weight is 250 g/mol. The van der Waals surface area contributed by atoms with Gasteiger partial charge < -0.3 is 10.6 Å². The van der Waals surface area contributed by atoms with Gasteiger partial charge in [-0.1, -0.05) is 23.7 Å². The second-order valence-corrected chi connectivity index (χ2v) is 5.30. The topological polar surface area (TPSA) is 41.6 Å². The molecule has 0 radical (unpaired) electrons. The summed E-state index contributed by atoms with van der Waals surface area (Å²) in [5.41, 5.74) is 7.21. The number of hydrogen-bond donors (Lipinski definition) is 1. The lowest BCUT2D eigenvalue weighted by atomic mass is 10.1. The van der Waals surface area contributed by atoms with E-state index in [1.165, 1.54) is 18.4 Å². The molecule has 0 aromatic heterocycles. The summed E-state index contributed by atoms with van der Waals surface area (Å²) in [5.74, 6) is 1.51. The third kappa shape index (κ3) is 2.25. The first-order chi connectivity index (χ1) is 8.24. The molecule has 1 fully saturated rings. The Balaban J connectivity index is 1.79. The van der Waals surface area contributed by atoms with Gasteiger partial charge in [0.2, 0.25) is 0 Å². The van der Waals surface area contributed by atoms with Crippen LogP contribution >= 0.6 is 11.6 Å². The fourth-order valence-corrected chi connectivity index (χ4v) is 2.42. The molecular weight excluding hydrogens is 234 g/mol. The summed E-state index contributed by atoms with van der Waals surface area (Å²) in [6.07, 6.45) is 2.66. The van der Waals surface area contributed by atoms with Crippen molar-refractivity contribution in [2.75, 3.05) is 13.1 Å². The summed E-state index contributed by atoms with van der Waals surface area (Å²) in [5, 5.41) is 0.773. The number of nitrogens with zero attached hydrogens (tertiary/aromatic N) is 2. The molecule has 0 saturated heterocycles. The highest BCUT2D eigenvalue weighted by Crippen LogP contribution is 2.34. The van der Waals surface area contributed by atoms with Crippen LogP contribution in [0, 0.1) is 5.92 Å². The quantitative estimate of drug-likeness (QED) is 0.894. The van der Waals surface area contributed by atoms with Crippen LogP contribution in [-0.4, -0.2) is 23.9 Å². The van der Waals surface area contributed by atoms with Crippen molar-refractivity contribution in [3.05, 3.63) is 34.9 Å². The zero-order valence-corrected chi connectivity index (χ0v) is 10.4. The lowest BCUT2D eigenvalue weighted by molar-refractivity contribution is 0.334. The number of guanidine groups is 1. The van der Waals surface area contributed by atoms with Gasteiger partial charge in [-0.3, -0.25) is 4.99 Å². The fraction of sp³-hybridized carbons (Fsp3) is 0.462. The van der Waals surface area contributed by atoms with E-state index >= 15 is 0 Å². The lowest BCUT2D eigenvalue weighted by Gasteiger charge is -2.26. The van der Waals surface area contributed by atoms with Crippen molar-refractivity contribution in [3.63, 3.8) is 0 Å². The molecule has 90 valence electrons. The van der Waals surface area contributed by atoms with E-state index in [0.717, 1.165) is 24.0 Å². The molecule has 2 N–H and O–H groups in total. The van der Waals surface area contributed by atoms with E-state index in [9.17, 15) is 0 Å². The number of nitrogens with two attached hydrogens (primary N) is 1. The minimum Gasteiger partial charge on any atom is -0.370 e. The molecule has 3 nitrogen and oxygen atoms in total. The van der Waals surface area contributed by atoms with Gasteiger partial charge in [-0.15, -0.1) is 0 Å². The first-order valence-electron chi connectivity index (χ1n) is 6.06. The van der Waals surface area contributed by atoms with Crippen LogP contribution in [0.1, 0.15) is 24.4 Å². The Labute approximate surface area is 106 Å². The molecule has 0 spiro atoms. The van der Waals surface area contributed by atoms with E-state index in [-0.39, 0.29) is 0 Å². The number of rotatable bonds is 3. The first kappa shape index (κ1) is 10.9. The minimum absolute atomic E-state index is 0.299. The maximum Gasteiger partial charge on any atom is 0.191 e. The van der Waals surface area contributed by atoms with E-state index in [1.807, 2.05) is 12.1 Å². The van der Waals surface area contributed by atoms with Gasteiger partial charge in [0.25, 0.3) is 0 Å². The largest absolute Gasteiger partial charge is 0.370 e. The summed E-state index contributed by atoms with van der Waals surface area (Å²) in [6.45, 7) is 1.81. The van der Waals surface area contributed by atoms with Crippen LogP contribution in [0.5, 0.6) is 0 Å². The Kier molecular flexibility index (Phi) is 2.71. The van der Waals surface area contributed by atoms with Crippen LogP contribution in [0.15, 0.2) is 29.3 Å². The standard InChI is InChI=1S/C13H16ClN3/c14-11-5-3-10(4-6-11)12-7-16-13(15)17(12)8-9-1-2-9/h3-6,9,12H,1-2,7-8H2,(H2,15,16). The van der Waals surface area contributed by atoms with Crippen LogP contribution in [-0.2, 0) is 0 Å². The molecular formula is C13H16ClN3. The van der Waals surface area contributed by atoms with Gasteiger partial charge in [-0.25, -0.2) is 0 Å². The summed E-state index contributed by atoms with van der Waals surface area (Å²) in [7, 11) is 0. The second-order valence-electron chi connectivity index (χ2n) is 4.86. The van der Waals surface area contributed by atoms with Crippen molar-refractivity contribution >= 4 is 17.6 Å². The number of benzene rings is 1. The van der Waals surface area contributed by atoms with Crippen molar-refractivity contribution in [1.82, 2.24) is 4.90 Å². The first-order valence-corrected chi connectivity index (χ1v) is 6.44. The Morgan fingerprint density at radius 3 is 2.65 bits per heavy atom. The zero-order valence-electron chi connectivity index (χ0n) is 9.64. The second kappa shape index (κ2) is 4.22. The van der Waals surface area contributed by atoms with Crippen LogP contribution in [0.25, 0.3) is 0 Å². The lowest BCUT2D eigenvalue weighted by Crippen LogP contribution is -2.37. The molecule has 4 heteroatoms. The molecule has 17 heavy (non-hydrogen) atoms. The molecule has 1 saturated carbocycles. The summed E-state index contributed by atoms with van der Waals surface area (Å²) < 4.78 is 0. The number of halogens is 1. The summed E-state index contributed by atoms with van der Waals surface area (Å²) >= 11 is 5.91. The SMILES string of the molecule is NC1=NCC(c2ccc(Cl)cc2)N1CC1CC1. The van der Waals surface area contributed by atoms with Gasteiger partial charge in [0.1, 0.15) is 0 Å². The van der Waals surface area contributed by atoms with Crippen LogP contribution < -0.4 is 5.73 Å². The highest BCUT2D eigenvalue weighted by molar-refractivity contribution is 6.30. The highest BCUT2D eigenvalue weighted by Gasteiger charge is 2.32. The molecule has 1 heterocycles. The molecule has 1 aromatic rings. The van der Waals surface area contributed by atoms with Crippen molar-refractivity contribution in [1.29, 1.82) is 0 Å². The molecule has 1 atom stereocenters. The van der Waals surface area contributed by atoms with Gasteiger partial charge in [-0.05, 0) is 36.5 Å². The molecule has 1 aromatic carbocycles. The Morgan fingerprint density at radius 2 is 2.00 bits per heavy atom. The van der Waals surface area contributed by atoms with Crippen LogP contribution in [0.4, 0.5) is 0 Å². The maximum atomic E-state index is 5.96. The Hall–Kier alpha value is -1.22. The normalized spacial score (nSPS) is 23.9. The molecule has 3 rings (SSSR count). The van der Waals surface area contributed by atoms with Gasteiger partial charge >= 0.3 is 0 Å². The molecule has 0 amide bonds. The third-order valence-electron chi connectivity index (χ3n) is 3.50. The smallest absolute Gasteiger partial charge is 0.191 e. The third-order valence-corrected chi connectivity index (χ3v) is 3.76. The van der Waals surface area contributed by atoms with Gasteiger partial charge in [0.15, 0.2) is 5.96 Å².